The minimum absolute atomic E-state index is 0.0662. The van der Waals surface area contributed by atoms with Gasteiger partial charge in [0.1, 0.15) is 23.4 Å². The third kappa shape index (κ3) is 5.54. The number of oxazole rings is 1. The molecule has 38 heavy (non-hydrogen) atoms. The van der Waals surface area contributed by atoms with Crippen molar-refractivity contribution in [3.8, 4) is 11.3 Å². The molecule has 1 amide bonds. The van der Waals surface area contributed by atoms with E-state index in [1.807, 2.05) is 21.7 Å². The topological polar surface area (TPSA) is 170 Å². The first-order valence-electron chi connectivity index (χ1n) is 12.6. The smallest absolute Gasteiger partial charge is 0.292 e. The van der Waals surface area contributed by atoms with Crippen LogP contribution in [0, 0.1) is 0 Å². The largest absolute Gasteiger partial charge is 0.424 e. The van der Waals surface area contributed by atoms with Gasteiger partial charge < -0.3 is 35.0 Å². The summed E-state index contributed by atoms with van der Waals surface area (Å²) in [6, 6.07) is 5.73. The number of nitrogens with zero attached hydrogens (tertiary/aromatic N) is 6. The normalized spacial score (nSPS) is 14.6. The predicted molar refractivity (Wildman–Crippen MR) is 140 cm³/mol. The lowest BCUT2D eigenvalue weighted by molar-refractivity contribution is -0.133. The Hall–Kier alpha value is -3.81. The van der Waals surface area contributed by atoms with Gasteiger partial charge in [0.2, 0.25) is 5.91 Å². The zero-order valence-corrected chi connectivity index (χ0v) is 21.3. The molecule has 1 saturated heterocycles. The number of ether oxygens (including phenoxy) is 3. The van der Waals surface area contributed by atoms with Gasteiger partial charge in [-0.15, -0.1) is 0 Å². The molecule has 0 unspecified atom stereocenters. The van der Waals surface area contributed by atoms with E-state index in [1.54, 1.807) is 13.2 Å². The Labute approximate surface area is 219 Å². The molecule has 5 rings (SSSR count). The number of carbonyl (C=O) groups is 1. The Morgan fingerprint density at radius 3 is 2.63 bits per heavy atom. The lowest BCUT2D eigenvalue weighted by Gasteiger charge is -2.32. The average molecular weight is 525 g/mol. The summed E-state index contributed by atoms with van der Waals surface area (Å²) in [5.41, 5.74) is 15.4. The molecule has 1 aliphatic rings. The van der Waals surface area contributed by atoms with Gasteiger partial charge in [0.15, 0.2) is 11.2 Å². The quantitative estimate of drug-likeness (QED) is 0.275. The highest BCUT2D eigenvalue weighted by molar-refractivity contribution is 5.99. The molecule has 13 nitrogen and oxygen atoms in total. The highest BCUT2D eigenvalue weighted by atomic mass is 16.5. The zero-order valence-electron chi connectivity index (χ0n) is 21.3. The van der Waals surface area contributed by atoms with E-state index >= 15 is 0 Å². The fourth-order valence-electron chi connectivity index (χ4n) is 4.69. The number of fused-ring (bicyclic) bond motifs is 2. The SMILES string of the molecule is COCCOCCOCCC(=O)N1CCC(n2nc(-c3ccc4oc(N)nc4c3)c3c(N)ncnc32)CC1. The van der Waals surface area contributed by atoms with E-state index in [1.165, 1.54) is 6.33 Å². The van der Waals surface area contributed by atoms with Crippen LogP contribution in [0.4, 0.5) is 11.8 Å². The van der Waals surface area contributed by atoms with Crippen molar-refractivity contribution in [2.24, 2.45) is 0 Å². The highest BCUT2D eigenvalue weighted by Gasteiger charge is 2.28. The van der Waals surface area contributed by atoms with Gasteiger partial charge in [-0.3, -0.25) is 4.79 Å². The first-order chi connectivity index (χ1) is 18.5. The molecule has 13 heteroatoms. The number of methoxy groups -OCH3 is 1. The number of anilines is 2. The van der Waals surface area contributed by atoms with Gasteiger partial charge >= 0.3 is 0 Å². The molecule has 1 aliphatic heterocycles. The number of hydrogen-bond donors (Lipinski definition) is 2. The molecule has 0 atom stereocenters. The maximum atomic E-state index is 12.7. The summed E-state index contributed by atoms with van der Waals surface area (Å²) in [6.45, 7) is 3.66. The van der Waals surface area contributed by atoms with E-state index in [9.17, 15) is 4.79 Å². The van der Waals surface area contributed by atoms with Crippen LogP contribution in [0.5, 0.6) is 0 Å². The van der Waals surface area contributed by atoms with Crippen LogP contribution in [-0.4, -0.2) is 88.8 Å². The monoisotopic (exact) mass is 524 g/mol. The van der Waals surface area contributed by atoms with E-state index in [0.717, 1.165) is 18.4 Å². The van der Waals surface area contributed by atoms with Gasteiger partial charge in [-0.1, -0.05) is 0 Å². The first kappa shape index (κ1) is 25.8. The van der Waals surface area contributed by atoms with E-state index in [4.69, 9.17) is 35.2 Å². The number of likely N-dealkylation sites (tertiary alicyclic amines) is 1. The van der Waals surface area contributed by atoms with Crippen LogP contribution in [0.2, 0.25) is 0 Å². The number of benzene rings is 1. The van der Waals surface area contributed by atoms with Crippen LogP contribution in [0.25, 0.3) is 33.4 Å². The number of carbonyl (C=O) groups excluding carboxylic acids is 1. The fraction of sp³-hybridized carbons (Fsp3) is 0.480. The summed E-state index contributed by atoms with van der Waals surface area (Å²) in [6.07, 6.45) is 3.29. The summed E-state index contributed by atoms with van der Waals surface area (Å²) >= 11 is 0. The molecule has 0 saturated carbocycles. The maximum absolute atomic E-state index is 12.7. The Balaban J connectivity index is 1.23. The number of nitrogens with two attached hydrogens (primary N) is 2. The van der Waals surface area contributed by atoms with Crippen LogP contribution in [0.1, 0.15) is 25.3 Å². The minimum atomic E-state index is 0.0662. The minimum Gasteiger partial charge on any atom is -0.424 e. The van der Waals surface area contributed by atoms with Crippen LogP contribution >= 0.6 is 0 Å². The van der Waals surface area contributed by atoms with Gasteiger partial charge in [-0.05, 0) is 31.0 Å². The van der Waals surface area contributed by atoms with Crippen molar-refractivity contribution in [1.29, 1.82) is 0 Å². The molecule has 4 heterocycles. The van der Waals surface area contributed by atoms with Crippen LogP contribution < -0.4 is 11.5 Å². The average Bonchev–Trinajstić information content (AvgIpc) is 3.50. The number of hydrogen-bond acceptors (Lipinski definition) is 11. The van der Waals surface area contributed by atoms with Crippen LogP contribution in [-0.2, 0) is 19.0 Å². The summed E-state index contributed by atoms with van der Waals surface area (Å²) in [5.74, 6) is 0.439. The third-order valence-electron chi connectivity index (χ3n) is 6.62. The molecule has 0 radical (unpaired) electrons. The first-order valence-corrected chi connectivity index (χ1v) is 12.6. The molecule has 1 aromatic carbocycles. The van der Waals surface area contributed by atoms with Crippen molar-refractivity contribution in [2.75, 3.05) is 64.7 Å². The van der Waals surface area contributed by atoms with Gasteiger partial charge in [-0.2, -0.15) is 10.1 Å². The van der Waals surface area contributed by atoms with Gasteiger partial charge in [0.05, 0.1) is 50.9 Å². The second-order valence-corrected chi connectivity index (χ2v) is 9.06. The summed E-state index contributed by atoms with van der Waals surface area (Å²) in [4.78, 5) is 27.5. The van der Waals surface area contributed by atoms with Crippen molar-refractivity contribution in [3.63, 3.8) is 0 Å². The van der Waals surface area contributed by atoms with Crippen molar-refractivity contribution in [2.45, 2.75) is 25.3 Å². The standard InChI is InChI=1S/C25H32N8O5/c1-35-10-11-37-13-12-36-9-6-20(34)32-7-4-17(5-8-32)33-24-21(23(26)28-15-29-24)22(31-33)16-2-3-19-18(14-16)30-25(27)38-19/h2-3,14-15,17H,4-13H2,1H3,(H2,27,30)(H2,26,28,29). The molecule has 3 aromatic heterocycles. The van der Waals surface area contributed by atoms with Gasteiger partial charge in [-0.25, -0.2) is 14.6 Å². The van der Waals surface area contributed by atoms with Crippen molar-refractivity contribution < 1.29 is 23.4 Å². The Bertz CT molecular complexity index is 1400. The highest BCUT2D eigenvalue weighted by Crippen LogP contribution is 2.35. The lowest BCUT2D eigenvalue weighted by Crippen LogP contribution is -2.39. The number of amides is 1. The zero-order chi connectivity index (χ0) is 26.5. The lowest BCUT2D eigenvalue weighted by atomic mass is 10.0. The van der Waals surface area contributed by atoms with Crippen molar-refractivity contribution in [3.05, 3.63) is 24.5 Å². The van der Waals surface area contributed by atoms with Crippen LogP contribution in [0.15, 0.2) is 28.9 Å². The number of piperidine rings is 1. The summed E-state index contributed by atoms with van der Waals surface area (Å²) in [7, 11) is 1.63. The molecule has 0 bridgehead atoms. The molecule has 4 aromatic rings. The molecule has 0 spiro atoms. The van der Waals surface area contributed by atoms with Gasteiger partial charge in [0, 0.05) is 25.8 Å². The summed E-state index contributed by atoms with van der Waals surface area (Å²) < 4.78 is 23.1. The number of nitrogen functional groups attached to an aromatic ring is 2. The maximum Gasteiger partial charge on any atom is 0.292 e. The second kappa shape index (κ2) is 11.7. The summed E-state index contributed by atoms with van der Waals surface area (Å²) in [5, 5.41) is 5.61. The predicted octanol–water partition coefficient (Wildman–Crippen LogP) is 2.03. The number of rotatable bonds is 11. The van der Waals surface area contributed by atoms with E-state index < -0.39 is 0 Å². The Kier molecular flexibility index (Phi) is 7.96. The molecular weight excluding hydrogens is 492 g/mol. The van der Waals surface area contributed by atoms with E-state index in [2.05, 4.69) is 15.0 Å². The van der Waals surface area contributed by atoms with Gasteiger partial charge in [0.25, 0.3) is 6.01 Å². The number of aromatic nitrogens is 5. The van der Waals surface area contributed by atoms with E-state index in [-0.39, 0.29) is 18.0 Å². The Morgan fingerprint density at radius 1 is 1.08 bits per heavy atom. The molecule has 1 fully saturated rings. The van der Waals surface area contributed by atoms with Crippen molar-refractivity contribution >= 4 is 39.9 Å². The molecule has 0 aliphatic carbocycles. The van der Waals surface area contributed by atoms with Crippen molar-refractivity contribution in [1.82, 2.24) is 29.6 Å². The fourth-order valence-corrected chi connectivity index (χ4v) is 4.69. The second-order valence-electron chi connectivity index (χ2n) is 9.06. The third-order valence-corrected chi connectivity index (χ3v) is 6.62. The molecular formula is C25H32N8O5. The molecule has 4 N–H and O–H groups in total. The Morgan fingerprint density at radius 2 is 1.84 bits per heavy atom. The molecule has 202 valence electrons. The van der Waals surface area contributed by atoms with E-state index in [0.29, 0.717) is 86.2 Å². The van der Waals surface area contributed by atoms with Crippen LogP contribution in [0.3, 0.4) is 0 Å².